The summed E-state index contributed by atoms with van der Waals surface area (Å²) in [6.45, 7) is 0. The van der Waals surface area contributed by atoms with Crippen LogP contribution in [0.15, 0.2) is 156 Å². The minimum Gasteiger partial charge on any atom is -0.456 e. The molecule has 0 aliphatic carbocycles. The van der Waals surface area contributed by atoms with Crippen LogP contribution in [0, 0.1) is 0 Å². The smallest absolute Gasteiger partial charge is 0.135 e. The molecule has 0 N–H and O–H groups in total. The lowest BCUT2D eigenvalue weighted by Gasteiger charge is -2.27. The average Bonchev–Trinajstić information content (AvgIpc) is 3.68. The zero-order chi connectivity index (χ0) is 32.7. The Morgan fingerprint density at radius 1 is 0.512 bits per heavy atom. The van der Waals surface area contributed by atoms with Crippen molar-refractivity contribution in [1.29, 1.82) is 0 Å². The van der Waals surface area contributed by atoms with Crippen LogP contribution >= 0.6 is 11.3 Å². The van der Waals surface area contributed by atoms with Crippen molar-refractivity contribution in [2.45, 2.75) is 0 Å². The van der Waals surface area contributed by atoms with Crippen LogP contribution in [0.3, 0.4) is 0 Å². The van der Waals surface area contributed by atoms with E-state index in [0.29, 0.717) is 5.69 Å². The molecule has 0 aliphatic rings. The van der Waals surface area contributed by atoms with Crippen molar-refractivity contribution in [2.24, 2.45) is 0 Å². The first-order valence-corrected chi connectivity index (χ1v) is 14.9. The Morgan fingerprint density at radius 3 is 2.12 bits per heavy atom. The average molecular weight is 573 g/mol. The van der Waals surface area contributed by atoms with Gasteiger partial charge in [0, 0.05) is 47.7 Å². The van der Waals surface area contributed by atoms with Crippen LogP contribution in [-0.2, 0) is 0 Å². The lowest BCUT2D eigenvalue weighted by Crippen LogP contribution is -2.10. The summed E-state index contributed by atoms with van der Waals surface area (Å²) in [6, 6.07) is 39.2. The van der Waals surface area contributed by atoms with Gasteiger partial charge in [0.05, 0.1) is 12.5 Å². The summed E-state index contributed by atoms with van der Waals surface area (Å²) >= 11 is 1.68. The van der Waals surface area contributed by atoms with E-state index in [1.165, 1.54) is 0 Å². The molecule has 0 fully saturated rings. The molecule has 0 amide bonds. The molecule has 9 aromatic rings. The SMILES string of the molecule is [2H]c1c([2H])c([2H])c(N(c2ccc3c(c2)sc2cc(-c4ccc5oc6ccccc6c5c4)ccc23)c2cccc3ccccc23)c([2H])c1[2H]. The van der Waals surface area contributed by atoms with Gasteiger partial charge < -0.3 is 9.32 Å². The number of furan rings is 1. The number of thiophene rings is 1. The van der Waals surface area contributed by atoms with E-state index in [0.717, 1.165) is 69.7 Å². The summed E-state index contributed by atoms with van der Waals surface area (Å²) in [4.78, 5) is 1.81. The van der Waals surface area contributed by atoms with E-state index < -0.39 is 6.04 Å². The highest BCUT2D eigenvalue weighted by molar-refractivity contribution is 7.25. The second-order valence-corrected chi connectivity index (χ2v) is 11.7. The van der Waals surface area contributed by atoms with E-state index in [1.807, 2.05) is 77.7 Å². The Labute approximate surface area is 259 Å². The first kappa shape index (κ1) is 19.7. The van der Waals surface area contributed by atoms with Gasteiger partial charge in [0.15, 0.2) is 0 Å². The van der Waals surface area contributed by atoms with E-state index in [-0.39, 0.29) is 29.9 Å². The molecule has 0 radical (unpaired) electrons. The van der Waals surface area contributed by atoms with Gasteiger partial charge in [-0.1, -0.05) is 97.0 Å². The number of rotatable bonds is 4. The molecular formula is C40H25NOS. The summed E-state index contributed by atoms with van der Waals surface area (Å²) in [5.41, 5.74) is 5.52. The number of para-hydroxylation sites is 2. The quantitative estimate of drug-likeness (QED) is 0.209. The van der Waals surface area contributed by atoms with Crippen LogP contribution in [-0.4, -0.2) is 0 Å². The van der Waals surface area contributed by atoms with Crippen molar-refractivity contribution in [1.82, 2.24) is 0 Å². The van der Waals surface area contributed by atoms with Crippen molar-refractivity contribution in [2.75, 3.05) is 4.90 Å². The number of nitrogens with zero attached hydrogens (tertiary/aromatic N) is 1. The van der Waals surface area contributed by atoms with Crippen molar-refractivity contribution >= 4 is 81.3 Å². The minimum atomic E-state index is -0.414. The number of hydrogen-bond acceptors (Lipinski definition) is 3. The van der Waals surface area contributed by atoms with Crippen LogP contribution in [0.4, 0.5) is 17.1 Å². The highest BCUT2D eigenvalue weighted by Gasteiger charge is 2.17. The molecule has 0 unspecified atom stereocenters. The number of hydrogen-bond donors (Lipinski definition) is 0. The Morgan fingerprint density at radius 2 is 1.21 bits per heavy atom. The van der Waals surface area contributed by atoms with Gasteiger partial charge in [0.25, 0.3) is 0 Å². The van der Waals surface area contributed by atoms with Crippen LogP contribution in [0.1, 0.15) is 6.85 Å². The van der Waals surface area contributed by atoms with Gasteiger partial charge in [-0.05, 0) is 71.1 Å². The molecule has 9 rings (SSSR count). The van der Waals surface area contributed by atoms with E-state index in [2.05, 4.69) is 48.5 Å². The molecule has 2 heterocycles. The molecule has 43 heavy (non-hydrogen) atoms. The molecule has 2 nitrogen and oxygen atoms in total. The van der Waals surface area contributed by atoms with E-state index in [9.17, 15) is 0 Å². The maximum Gasteiger partial charge on any atom is 0.135 e. The molecule has 0 bridgehead atoms. The van der Waals surface area contributed by atoms with E-state index >= 15 is 0 Å². The van der Waals surface area contributed by atoms with Crippen molar-refractivity contribution < 1.29 is 11.3 Å². The van der Waals surface area contributed by atoms with Crippen LogP contribution in [0.25, 0.3) is 64.0 Å². The third-order valence-corrected chi connectivity index (χ3v) is 9.26. The molecule has 3 heteroatoms. The maximum absolute atomic E-state index is 8.90. The Kier molecular flexibility index (Phi) is 4.39. The summed E-state index contributed by atoms with van der Waals surface area (Å²) in [7, 11) is 0. The van der Waals surface area contributed by atoms with E-state index in [4.69, 9.17) is 11.3 Å². The molecule has 0 aliphatic heterocycles. The Bertz CT molecular complexity index is 2730. The van der Waals surface area contributed by atoms with Gasteiger partial charge in [-0.15, -0.1) is 11.3 Å². The van der Waals surface area contributed by atoms with Gasteiger partial charge in [-0.2, -0.15) is 0 Å². The fourth-order valence-electron chi connectivity index (χ4n) is 6.14. The molecule has 202 valence electrons. The van der Waals surface area contributed by atoms with Gasteiger partial charge in [-0.3, -0.25) is 0 Å². The number of anilines is 3. The van der Waals surface area contributed by atoms with Gasteiger partial charge >= 0.3 is 0 Å². The summed E-state index contributed by atoms with van der Waals surface area (Å²) < 4.78 is 51.1. The van der Waals surface area contributed by atoms with Gasteiger partial charge in [0.1, 0.15) is 11.2 Å². The predicted octanol–water partition coefficient (Wildman–Crippen LogP) is 12.2. The standard InChI is InChI=1S/C40H25NOS/c1-2-11-29(12-3-1)41(36-15-8-10-26-9-4-5-13-31(26)36)30-19-21-34-33-20-17-28(24-39(33)43-40(34)25-30)27-18-22-38-35(23-27)32-14-6-7-16-37(32)42-38/h1-25H/i1D,2D,3D,11D,12D. The lowest BCUT2D eigenvalue weighted by atomic mass is 10.0. The normalized spacial score (nSPS) is 13.3. The van der Waals surface area contributed by atoms with E-state index in [1.54, 1.807) is 11.3 Å². The molecule has 0 spiro atoms. The predicted molar refractivity (Wildman–Crippen MR) is 184 cm³/mol. The first-order chi connectivity index (χ1) is 23.4. The van der Waals surface area contributed by atoms with Crippen LogP contribution in [0.5, 0.6) is 0 Å². The van der Waals surface area contributed by atoms with Crippen molar-refractivity contribution in [3.05, 3.63) is 152 Å². The maximum atomic E-state index is 8.90. The summed E-state index contributed by atoms with van der Waals surface area (Å²) in [6.07, 6.45) is 0. The second kappa shape index (κ2) is 9.59. The monoisotopic (exact) mass is 572 g/mol. The van der Waals surface area contributed by atoms with Crippen molar-refractivity contribution in [3.63, 3.8) is 0 Å². The molecule has 7 aromatic carbocycles. The Hall–Kier alpha value is -5.38. The number of benzene rings is 7. The topological polar surface area (TPSA) is 16.4 Å². The summed E-state index contributed by atoms with van der Waals surface area (Å²) in [5.74, 6) is 0. The van der Waals surface area contributed by atoms with Gasteiger partial charge in [-0.25, -0.2) is 0 Å². The van der Waals surface area contributed by atoms with Gasteiger partial charge in [0.2, 0.25) is 0 Å². The lowest BCUT2D eigenvalue weighted by molar-refractivity contribution is 0.669. The Balaban J connectivity index is 1.22. The zero-order valence-corrected chi connectivity index (χ0v) is 23.6. The fourth-order valence-corrected chi connectivity index (χ4v) is 7.32. The third-order valence-electron chi connectivity index (χ3n) is 8.14. The number of fused-ring (bicyclic) bond motifs is 7. The summed E-state index contributed by atoms with van der Waals surface area (Å²) in [5, 5.41) is 6.32. The largest absolute Gasteiger partial charge is 0.456 e. The molecule has 2 aromatic heterocycles. The second-order valence-electron chi connectivity index (χ2n) is 10.6. The zero-order valence-electron chi connectivity index (χ0n) is 27.8. The molecule has 0 saturated heterocycles. The van der Waals surface area contributed by atoms with Crippen molar-refractivity contribution in [3.8, 4) is 11.1 Å². The highest BCUT2D eigenvalue weighted by atomic mass is 32.1. The first-order valence-electron chi connectivity index (χ1n) is 16.6. The minimum absolute atomic E-state index is 0.113. The molecule has 0 atom stereocenters. The van der Waals surface area contributed by atoms with Crippen LogP contribution in [0.2, 0.25) is 0 Å². The third kappa shape index (κ3) is 3.93. The molecular weight excluding hydrogens is 543 g/mol. The fraction of sp³-hybridized carbons (Fsp3) is 0. The van der Waals surface area contributed by atoms with Crippen LogP contribution < -0.4 is 4.90 Å². The highest BCUT2D eigenvalue weighted by Crippen LogP contribution is 2.43. The molecule has 0 saturated carbocycles.